The van der Waals surface area contributed by atoms with E-state index in [1.807, 2.05) is 0 Å². The van der Waals surface area contributed by atoms with E-state index in [0.29, 0.717) is 44.7 Å². The van der Waals surface area contributed by atoms with Gasteiger partial charge in [0, 0.05) is 25.6 Å². The van der Waals surface area contributed by atoms with Crippen LogP contribution in [0, 0.1) is 5.92 Å². The van der Waals surface area contributed by atoms with Crippen LogP contribution in [-0.4, -0.2) is 55.4 Å². The van der Waals surface area contributed by atoms with Gasteiger partial charge in [-0.2, -0.15) is 13.2 Å². The first-order valence-corrected chi connectivity index (χ1v) is 13.1. The predicted molar refractivity (Wildman–Crippen MR) is 132 cm³/mol. The Balaban J connectivity index is 1.45. The molecule has 2 fully saturated rings. The van der Waals surface area contributed by atoms with Gasteiger partial charge >= 0.3 is 12.5 Å². The first-order chi connectivity index (χ1) is 18.9. The molecule has 218 valence electrons. The van der Waals surface area contributed by atoms with Gasteiger partial charge in [-0.1, -0.05) is 24.3 Å². The molecule has 4 rings (SSSR count). The van der Waals surface area contributed by atoms with Gasteiger partial charge in [-0.3, -0.25) is 9.59 Å². The highest BCUT2D eigenvalue weighted by Gasteiger charge is 2.36. The number of morpholine rings is 1. The minimum absolute atomic E-state index is 0.199. The molecule has 2 amide bonds. The topological polar surface area (TPSA) is 67.9 Å². The third kappa shape index (κ3) is 8.61. The van der Waals surface area contributed by atoms with Gasteiger partial charge in [0.25, 0.3) is 0 Å². The van der Waals surface area contributed by atoms with Gasteiger partial charge in [-0.15, -0.1) is 13.2 Å². The molecule has 1 saturated heterocycles. The number of alkyl halides is 6. The zero-order valence-electron chi connectivity index (χ0n) is 21.6. The fraction of sp³-hybridized carbons (Fsp3) is 0.500. The summed E-state index contributed by atoms with van der Waals surface area (Å²) in [6, 6.07) is 9.52. The highest BCUT2D eigenvalue weighted by molar-refractivity contribution is 5.90. The number of carbonyl (C=O) groups excluding carboxylic acids is 2. The molecule has 6 nitrogen and oxygen atoms in total. The number of hydrogen-bond donors (Lipinski definition) is 1. The average Bonchev–Trinajstić information content (AvgIpc) is 3.75. The first-order valence-electron chi connectivity index (χ1n) is 13.1. The maximum absolute atomic E-state index is 13.5. The van der Waals surface area contributed by atoms with Gasteiger partial charge in [0.2, 0.25) is 11.8 Å². The van der Waals surface area contributed by atoms with Gasteiger partial charge in [0.05, 0.1) is 24.7 Å². The summed E-state index contributed by atoms with van der Waals surface area (Å²) >= 11 is 0. The lowest BCUT2D eigenvalue weighted by Crippen LogP contribution is -2.44. The van der Waals surface area contributed by atoms with Crippen LogP contribution in [0.1, 0.15) is 48.3 Å². The number of carbonyl (C=O) groups is 2. The van der Waals surface area contributed by atoms with Crippen LogP contribution in [-0.2, 0) is 26.9 Å². The van der Waals surface area contributed by atoms with Crippen molar-refractivity contribution in [2.45, 2.75) is 56.6 Å². The Bertz CT molecular complexity index is 1140. The monoisotopic (exact) mass is 572 g/mol. The Morgan fingerprint density at radius 1 is 0.950 bits per heavy atom. The van der Waals surface area contributed by atoms with E-state index in [2.05, 4.69) is 10.1 Å². The molecular weight excluding hydrogens is 542 g/mol. The summed E-state index contributed by atoms with van der Waals surface area (Å²) in [7, 11) is 0. The zero-order chi connectivity index (χ0) is 28.9. The molecule has 12 heteroatoms. The lowest BCUT2D eigenvalue weighted by molar-refractivity contribution is -0.274. The van der Waals surface area contributed by atoms with Crippen molar-refractivity contribution in [1.29, 1.82) is 0 Å². The molecule has 1 heterocycles. The van der Waals surface area contributed by atoms with Crippen LogP contribution in [0.25, 0.3) is 0 Å². The van der Waals surface area contributed by atoms with E-state index >= 15 is 0 Å². The molecule has 0 radical (unpaired) electrons. The summed E-state index contributed by atoms with van der Waals surface area (Å²) in [5.74, 6) is -1.84. The Labute approximate surface area is 227 Å². The molecule has 2 aromatic carbocycles. The van der Waals surface area contributed by atoms with Crippen LogP contribution in [0.15, 0.2) is 48.5 Å². The Hall–Kier alpha value is -3.28. The molecule has 1 saturated carbocycles. The molecule has 1 N–H and O–H groups in total. The van der Waals surface area contributed by atoms with E-state index in [0.717, 1.165) is 30.5 Å². The summed E-state index contributed by atoms with van der Waals surface area (Å²) in [5.41, 5.74) is 0.218. The van der Waals surface area contributed by atoms with Crippen molar-refractivity contribution in [2.24, 2.45) is 5.92 Å². The largest absolute Gasteiger partial charge is 0.573 e. The Kier molecular flexibility index (Phi) is 9.27. The molecule has 1 aliphatic carbocycles. The molecule has 40 heavy (non-hydrogen) atoms. The minimum Gasteiger partial charge on any atom is -0.406 e. The van der Waals surface area contributed by atoms with Crippen molar-refractivity contribution in [1.82, 2.24) is 10.2 Å². The van der Waals surface area contributed by atoms with E-state index in [1.54, 1.807) is 4.90 Å². The fourth-order valence-corrected chi connectivity index (χ4v) is 4.77. The normalized spacial score (nSPS) is 17.7. The van der Waals surface area contributed by atoms with Crippen molar-refractivity contribution in [3.63, 3.8) is 0 Å². The summed E-state index contributed by atoms with van der Waals surface area (Å²) in [5, 5.41) is 3.01. The maximum atomic E-state index is 13.5. The van der Waals surface area contributed by atoms with Crippen LogP contribution >= 0.6 is 0 Å². The van der Waals surface area contributed by atoms with Crippen LogP contribution < -0.4 is 10.1 Å². The van der Waals surface area contributed by atoms with E-state index in [-0.39, 0.29) is 30.0 Å². The van der Waals surface area contributed by atoms with Crippen LogP contribution in [0.4, 0.5) is 26.3 Å². The predicted octanol–water partition coefficient (Wildman–Crippen LogP) is 5.46. The maximum Gasteiger partial charge on any atom is 0.573 e. The van der Waals surface area contributed by atoms with Crippen molar-refractivity contribution < 1.29 is 45.4 Å². The van der Waals surface area contributed by atoms with Gasteiger partial charge in [-0.05, 0) is 67.0 Å². The number of rotatable bonds is 10. The van der Waals surface area contributed by atoms with Gasteiger partial charge < -0.3 is 19.7 Å². The molecule has 2 aliphatic rings. The van der Waals surface area contributed by atoms with Crippen LogP contribution in [0.2, 0.25) is 0 Å². The molecule has 0 aromatic heterocycles. The van der Waals surface area contributed by atoms with E-state index < -0.39 is 29.9 Å². The summed E-state index contributed by atoms with van der Waals surface area (Å²) < 4.78 is 85.7. The van der Waals surface area contributed by atoms with E-state index in [9.17, 15) is 35.9 Å². The lowest BCUT2D eigenvalue weighted by atomic mass is 9.92. The first kappa shape index (κ1) is 29.7. The number of ether oxygens (including phenoxy) is 2. The second kappa shape index (κ2) is 12.5. The summed E-state index contributed by atoms with van der Waals surface area (Å²) in [6.45, 7) is 1.49. The molecule has 2 aromatic rings. The third-order valence-corrected chi connectivity index (χ3v) is 7.12. The fourth-order valence-electron chi connectivity index (χ4n) is 4.77. The minimum atomic E-state index is -4.78. The molecule has 1 unspecified atom stereocenters. The number of aryl methyl sites for hydroxylation is 1. The SMILES string of the molecule is O=C(N[C@H](CCc1ccc(OC(F)(F)F)cc1)C1CC1)C(CC(=O)N1CCOCC1)c1ccc(C(F)(F)F)cc1. The standard InChI is InChI=1S/C28H30F6N2O4/c29-27(30,31)21-8-6-19(7-9-21)23(17-25(37)36-13-15-39-16-14-36)26(38)35-24(20-4-5-20)12-3-18-1-10-22(11-2-18)40-28(32,33)34/h1-2,6-11,20,23-24H,3-5,12-17H2,(H,35,38)/t23?,24-/m1/s1. The Morgan fingerprint density at radius 2 is 1.57 bits per heavy atom. The van der Waals surface area contributed by atoms with Crippen LogP contribution in [0.3, 0.4) is 0 Å². The quantitative estimate of drug-likeness (QED) is 0.384. The number of halogens is 6. The van der Waals surface area contributed by atoms with E-state index in [4.69, 9.17) is 4.74 Å². The number of nitrogens with one attached hydrogen (secondary N) is 1. The highest BCUT2D eigenvalue weighted by Crippen LogP contribution is 2.36. The average molecular weight is 573 g/mol. The molecular formula is C28H30F6N2O4. The lowest BCUT2D eigenvalue weighted by Gasteiger charge is -2.29. The number of hydrogen-bond acceptors (Lipinski definition) is 4. The number of benzene rings is 2. The smallest absolute Gasteiger partial charge is 0.406 e. The van der Waals surface area contributed by atoms with Crippen molar-refractivity contribution in [3.05, 3.63) is 65.2 Å². The second-order valence-electron chi connectivity index (χ2n) is 10.1. The molecule has 0 bridgehead atoms. The number of nitrogens with zero attached hydrogens (tertiary/aromatic N) is 1. The summed E-state index contributed by atoms with van der Waals surface area (Å²) in [6.07, 6.45) is -6.75. The summed E-state index contributed by atoms with van der Waals surface area (Å²) in [4.78, 5) is 28.1. The Morgan fingerprint density at radius 3 is 2.12 bits per heavy atom. The molecule has 2 atom stereocenters. The highest BCUT2D eigenvalue weighted by atomic mass is 19.4. The van der Waals surface area contributed by atoms with Crippen LogP contribution in [0.5, 0.6) is 5.75 Å². The van der Waals surface area contributed by atoms with Gasteiger partial charge in [0.1, 0.15) is 5.75 Å². The van der Waals surface area contributed by atoms with E-state index in [1.165, 1.54) is 36.4 Å². The van der Waals surface area contributed by atoms with Crippen molar-refractivity contribution >= 4 is 11.8 Å². The van der Waals surface area contributed by atoms with Gasteiger partial charge in [-0.25, -0.2) is 0 Å². The van der Waals surface area contributed by atoms with Crippen molar-refractivity contribution in [2.75, 3.05) is 26.3 Å². The number of amides is 2. The molecule has 1 aliphatic heterocycles. The second-order valence-corrected chi connectivity index (χ2v) is 10.1. The molecule has 0 spiro atoms. The van der Waals surface area contributed by atoms with Crippen molar-refractivity contribution in [3.8, 4) is 5.75 Å². The zero-order valence-corrected chi connectivity index (χ0v) is 21.6. The van der Waals surface area contributed by atoms with Gasteiger partial charge in [0.15, 0.2) is 0 Å². The third-order valence-electron chi connectivity index (χ3n) is 7.12.